The fourth-order valence-corrected chi connectivity index (χ4v) is 5.20. The minimum Gasteiger partial charge on any atom is -0.346 e. The second kappa shape index (κ2) is 6.28. The van der Waals surface area contributed by atoms with Crippen LogP contribution in [0.25, 0.3) is 10.1 Å². The maximum absolute atomic E-state index is 13.3. The lowest BCUT2D eigenvalue weighted by Gasteiger charge is -2.56. The molecule has 1 aromatic heterocycles. The average molecular weight is 369 g/mol. The predicted octanol–water partition coefficient (Wildman–Crippen LogP) is 4.06. The number of thiophene rings is 1. The van der Waals surface area contributed by atoms with E-state index in [2.05, 4.69) is 24.1 Å². The van der Waals surface area contributed by atoms with Gasteiger partial charge in [-0.05, 0) is 69.3 Å². The number of amides is 1. The van der Waals surface area contributed by atoms with Crippen molar-refractivity contribution in [3.8, 4) is 0 Å². The van der Waals surface area contributed by atoms with Crippen molar-refractivity contribution < 1.29 is 9.18 Å². The monoisotopic (exact) mass is 368 g/mol. The topological polar surface area (TPSA) is 32.3 Å². The number of piperidine rings is 3. The van der Waals surface area contributed by atoms with E-state index in [1.165, 1.54) is 23.5 Å². The Bertz CT molecular complexity index is 767. The molecular formula is C18H22ClFN2OS. The van der Waals surface area contributed by atoms with E-state index in [9.17, 15) is 9.18 Å². The van der Waals surface area contributed by atoms with Crippen LogP contribution in [-0.2, 0) is 0 Å². The van der Waals surface area contributed by atoms with Crippen LogP contribution in [0.4, 0.5) is 4.39 Å². The van der Waals surface area contributed by atoms with Crippen molar-refractivity contribution in [2.75, 3.05) is 13.1 Å². The minimum atomic E-state index is -0.259. The predicted molar refractivity (Wildman–Crippen MR) is 98.7 cm³/mol. The van der Waals surface area contributed by atoms with Gasteiger partial charge in [-0.2, -0.15) is 0 Å². The van der Waals surface area contributed by atoms with Gasteiger partial charge in [0.2, 0.25) is 0 Å². The van der Waals surface area contributed by atoms with Crippen LogP contribution >= 0.6 is 23.7 Å². The lowest BCUT2D eigenvalue weighted by atomic mass is 9.72. The highest BCUT2D eigenvalue weighted by molar-refractivity contribution is 7.20. The zero-order valence-electron chi connectivity index (χ0n) is 13.8. The number of halogens is 2. The van der Waals surface area contributed by atoms with E-state index < -0.39 is 0 Å². The Morgan fingerprint density at radius 1 is 1.29 bits per heavy atom. The number of nitrogens with zero attached hydrogens (tertiary/aromatic N) is 1. The fourth-order valence-electron chi connectivity index (χ4n) is 4.21. The second-order valence-corrected chi connectivity index (χ2v) is 8.31. The molecule has 24 heavy (non-hydrogen) atoms. The Balaban J connectivity index is 0.00000169. The summed E-state index contributed by atoms with van der Waals surface area (Å²) in [6.07, 6.45) is 2.32. The second-order valence-electron chi connectivity index (χ2n) is 7.22. The number of rotatable bonds is 2. The summed E-state index contributed by atoms with van der Waals surface area (Å²) in [4.78, 5) is 15.9. The molecule has 0 radical (unpaired) electrons. The van der Waals surface area contributed by atoms with Crippen LogP contribution in [0.5, 0.6) is 0 Å². The number of benzene rings is 1. The van der Waals surface area contributed by atoms with Gasteiger partial charge in [0.25, 0.3) is 5.91 Å². The quantitative estimate of drug-likeness (QED) is 0.866. The Morgan fingerprint density at radius 3 is 2.67 bits per heavy atom. The van der Waals surface area contributed by atoms with Gasteiger partial charge in [0, 0.05) is 16.3 Å². The van der Waals surface area contributed by atoms with Gasteiger partial charge in [0.1, 0.15) is 5.82 Å². The van der Waals surface area contributed by atoms with Gasteiger partial charge in [0.05, 0.1) is 4.88 Å². The molecule has 3 aliphatic heterocycles. The summed E-state index contributed by atoms with van der Waals surface area (Å²) >= 11 is 1.36. The number of carbonyl (C=O) groups excluding carboxylic acids is 1. The van der Waals surface area contributed by atoms with E-state index in [1.54, 1.807) is 6.07 Å². The van der Waals surface area contributed by atoms with Gasteiger partial charge in [-0.1, -0.05) is 6.07 Å². The molecule has 0 saturated carbocycles. The maximum atomic E-state index is 13.3. The first kappa shape index (κ1) is 17.6. The zero-order chi connectivity index (χ0) is 16.2. The normalized spacial score (nSPS) is 27.7. The smallest absolute Gasteiger partial charge is 0.261 e. The highest BCUT2D eigenvalue weighted by Gasteiger charge is 2.48. The summed E-state index contributed by atoms with van der Waals surface area (Å²) in [5.74, 6) is 0.272. The van der Waals surface area contributed by atoms with Crippen LogP contribution < -0.4 is 5.32 Å². The van der Waals surface area contributed by atoms with E-state index in [-0.39, 0.29) is 35.7 Å². The molecule has 0 unspecified atom stereocenters. The minimum absolute atomic E-state index is 0. The fraction of sp³-hybridized carbons (Fsp3) is 0.500. The van der Waals surface area contributed by atoms with Crippen molar-refractivity contribution in [3.63, 3.8) is 0 Å². The number of hydrogen-bond donors (Lipinski definition) is 1. The van der Waals surface area contributed by atoms with Crippen LogP contribution in [0.3, 0.4) is 0 Å². The van der Waals surface area contributed by atoms with Gasteiger partial charge >= 0.3 is 0 Å². The Hall–Kier alpha value is -1.17. The lowest BCUT2D eigenvalue weighted by molar-refractivity contribution is -0.0377. The lowest BCUT2D eigenvalue weighted by Crippen LogP contribution is -2.69. The van der Waals surface area contributed by atoms with Crippen LogP contribution in [-0.4, -0.2) is 35.5 Å². The van der Waals surface area contributed by atoms with E-state index in [0.29, 0.717) is 10.8 Å². The van der Waals surface area contributed by atoms with Gasteiger partial charge in [-0.25, -0.2) is 4.39 Å². The van der Waals surface area contributed by atoms with Crippen molar-refractivity contribution in [2.24, 2.45) is 5.92 Å². The molecule has 3 saturated heterocycles. The first-order valence-corrected chi connectivity index (χ1v) is 9.02. The first-order valence-electron chi connectivity index (χ1n) is 8.20. The van der Waals surface area contributed by atoms with E-state index in [1.807, 2.05) is 6.07 Å². The molecule has 1 amide bonds. The zero-order valence-corrected chi connectivity index (χ0v) is 15.5. The summed E-state index contributed by atoms with van der Waals surface area (Å²) < 4.78 is 14.1. The highest BCUT2D eigenvalue weighted by atomic mass is 35.5. The van der Waals surface area contributed by atoms with Crippen molar-refractivity contribution in [1.82, 2.24) is 10.2 Å². The molecule has 3 aliphatic rings. The summed E-state index contributed by atoms with van der Waals surface area (Å²) in [6, 6.07) is 6.71. The Kier molecular flexibility index (Phi) is 4.62. The van der Waals surface area contributed by atoms with Crippen molar-refractivity contribution in [1.29, 1.82) is 0 Å². The van der Waals surface area contributed by atoms with E-state index >= 15 is 0 Å². The number of hydrogen-bond acceptors (Lipinski definition) is 3. The molecule has 3 nitrogen and oxygen atoms in total. The molecule has 4 heterocycles. The van der Waals surface area contributed by atoms with Crippen molar-refractivity contribution in [3.05, 3.63) is 35.0 Å². The van der Waals surface area contributed by atoms with Crippen LogP contribution in [0.2, 0.25) is 0 Å². The molecule has 0 spiro atoms. The molecule has 1 aromatic carbocycles. The summed E-state index contributed by atoms with van der Waals surface area (Å²) in [7, 11) is 0. The molecular weight excluding hydrogens is 347 g/mol. The average Bonchev–Trinajstić information content (AvgIpc) is 2.94. The van der Waals surface area contributed by atoms with Crippen LogP contribution in [0.15, 0.2) is 24.3 Å². The van der Waals surface area contributed by atoms with Crippen molar-refractivity contribution in [2.45, 2.75) is 38.3 Å². The molecule has 1 N–H and O–H groups in total. The molecule has 0 aliphatic carbocycles. The molecule has 5 rings (SSSR count). The molecule has 2 bridgehead atoms. The number of nitrogens with one attached hydrogen (secondary N) is 1. The van der Waals surface area contributed by atoms with Gasteiger partial charge in [-0.15, -0.1) is 23.7 Å². The summed E-state index contributed by atoms with van der Waals surface area (Å²) in [5, 5.41) is 4.19. The van der Waals surface area contributed by atoms with Crippen molar-refractivity contribution >= 4 is 39.7 Å². The molecule has 130 valence electrons. The van der Waals surface area contributed by atoms with Gasteiger partial charge in [0.15, 0.2) is 0 Å². The van der Waals surface area contributed by atoms with E-state index in [4.69, 9.17) is 0 Å². The highest BCUT2D eigenvalue weighted by Crippen LogP contribution is 2.39. The Morgan fingerprint density at radius 2 is 2.00 bits per heavy atom. The number of fused-ring (bicyclic) bond motifs is 4. The molecule has 6 heteroatoms. The molecule has 2 aromatic rings. The van der Waals surface area contributed by atoms with E-state index in [0.717, 1.165) is 36.0 Å². The SMILES string of the molecule is CC1(C)[C@@H](NC(=O)c2cc3ccc(F)cc3s2)C2CCN1CC2.Cl. The van der Waals surface area contributed by atoms with Crippen LogP contribution in [0, 0.1) is 11.7 Å². The van der Waals surface area contributed by atoms with Gasteiger partial charge in [-0.3, -0.25) is 9.69 Å². The largest absolute Gasteiger partial charge is 0.346 e. The Labute approximate surface area is 151 Å². The first-order chi connectivity index (χ1) is 10.9. The van der Waals surface area contributed by atoms with Gasteiger partial charge < -0.3 is 5.32 Å². The summed E-state index contributed by atoms with van der Waals surface area (Å²) in [5.41, 5.74) is -0.000380. The third-order valence-electron chi connectivity index (χ3n) is 5.58. The standard InChI is InChI=1S/C18H21FN2OS.ClH/c1-18(2)16(11-5-7-21(18)8-6-11)20-17(22)15-9-12-3-4-13(19)10-14(12)23-15;/h3-4,9-11,16H,5-8H2,1-2H3,(H,20,22);1H/t16-;/m0./s1. The van der Waals surface area contributed by atoms with Crippen LogP contribution in [0.1, 0.15) is 36.4 Å². The summed E-state index contributed by atoms with van der Waals surface area (Å²) in [6.45, 7) is 6.71. The number of carbonyl (C=O) groups is 1. The maximum Gasteiger partial charge on any atom is 0.261 e. The molecule has 3 fully saturated rings. The third-order valence-corrected chi connectivity index (χ3v) is 6.68. The third kappa shape index (κ3) is 2.83. The molecule has 1 atom stereocenters.